The zero-order valence-corrected chi connectivity index (χ0v) is 13.1. The topological polar surface area (TPSA) is 59.4 Å². The number of nitrogens with zero attached hydrogens (tertiary/aromatic N) is 1. The molecule has 0 atom stereocenters. The van der Waals surface area contributed by atoms with Gasteiger partial charge in [0.15, 0.2) is 0 Å². The highest BCUT2D eigenvalue weighted by molar-refractivity contribution is 9.10. The highest BCUT2D eigenvalue weighted by Gasteiger charge is 2.04. The molecule has 20 heavy (non-hydrogen) atoms. The Kier molecular flexibility index (Phi) is 4.92. The van der Waals surface area contributed by atoms with Gasteiger partial charge in [0.2, 0.25) is 0 Å². The van der Waals surface area contributed by atoms with Crippen molar-refractivity contribution in [3.63, 3.8) is 0 Å². The van der Waals surface area contributed by atoms with Crippen LogP contribution < -0.4 is 4.74 Å². The van der Waals surface area contributed by atoms with E-state index in [1.165, 1.54) is 6.08 Å². The summed E-state index contributed by atoms with van der Waals surface area (Å²) in [5, 5.41) is 9.59. The summed E-state index contributed by atoms with van der Waals surface area (Å²) in [5.41, 5.74) is 0.792. The van der Waals surface area contributed by atoms with Gasteiger partial charge in [-0.1, -0.05) is 6.07 Å². The Balaban J connectivity index is 2.04. The predicted molar refractivity (Wildman–Crippen MR) is 82.0 cm³/mol. The van der Waals surface area contributed by atoms with Crippen molar-refractivity contribution >= 4 is 39.3 Å². The number of ether oxygens (including phenoxy) is 1. The van der Waals surface area contributed by atoms with Crippen LogP contribution in [-0.4, -0.2) is 16.1 Å². The van der Waals surface area contributed by atoms with Crippen LogP contribution in [0.5, 0.6) is 5.75 Å². The summed E-state index contributed by atoms with van der Waals surface area (Å²) in [6.45, 7) is 2.42. The van der Waals surface area contributed by atoms with Crippen LogP contribution in [0.3, 0.4) is 0 Å². The van der Waals surface area contributed by atoms with Gasteiger partial charge < -0.3 is 9.84 Å². The van der Waals surface area contributed by atoms with Gasteiger partial charge in [0.1, 0.15) is 12.4 Å². The molecule has 0 aliphatic carbocycles. The molecule has 0 radical (unpaired) electrons. The van der Waals surface area contributed by atoms with E-state index in [1.54, 1.807) is 29.7 Å². The van der Waals surface area contributed by atoms with E-state index in [0.29, 0.717) is 12.4 Å². The van der Waals surface area contributed by atoms with E-state index in [9.17, 15) is 4.79 Å². The molecule has 0 unspecified atom stereocenters. The molecule has 6 heteroatoms. The minimum Gasteiger partial charge on any atom is -0.487 e. The van der Waals surface area contributed by atoms with Gasteiger partial charge in [-0.2, -0.15) is 0 Å². The van der Waals surface area contributed by atoms with Crippen molar-refractivity contribution in [1.29, 1.82) is 0 Å². The number of benzene rings is 1. The molecule has 0 aliphatic rings. The summed E-state index contributed by atoms with van der Waals surface area (Å²) < 4.78 is 6.48. The van der Waals surface area contributed by atoms with Crippen molar-refractivity contribution in [2.75, 3.05) is 0 Å². The molecule has 0 fully saturated rings. The molecule has 1 aromatic carbocycles. The second kappa shape index (κ2) is 6.67. The van der Waals surface area contributed by atoms with E-state index in [4.69, 9.17) is 9.84 Å². The fraction of sp³-hybridized carbons (Fsp3) is 0.143. The standard InChI is InChI=1S/C14H12BrNO3S/c1-9-16-7-11(20-9)8-19-13-4-2-10(6-12(13)15)3-5-14(17)18/h2-7H,8H2,1H3,(H,17,18). The van der Waals surface area contributed by atoms with Crippen LogP contribution in [0.4, 0.5) is 0 Å². The first-order valence-electron chi connectivity index (χ1n) is 5.79. The number of halogens is 1. The summed E-state index contributed by atoms with van der Waals surface area (Å²) in [5.74, 6) is -0.259. The monoisotopic (exact) mass is 353 g/mol. The van der Waals surface area contributed by atoms with Crippen LogP contribution in [-0.2, 0) is 11.4 Å². The van der Waals surface area contributed by atoms with Gasteiger partial charge in [0, 0.05) is 12.3 Å². The zero-order chi connectivity index (χ0) is 14.5. The number of carbonyl (C=O) groups is 1. The number of thiazole rings is 1. The third-order valence-corrected chi connectivity index (χ3v) is 3.92. The molecule has 2 aromatic rings. The quantitative estimate of drug-likeness (QED) is 0.828. The van der Waals surface area contributed by atoms with E-state index in [2.05, 4.69) is 20.9 Å². The van der Waals surface area contributed by atoms with Gasteiger partial charge >= 0.3 is 5.97 Å². The van der Waals surface area contributed by atoms with E-state index in [0.717, 1.165) is 26.0 Å². The zero-order valence-electron chi connectivity index (χ0n) is 10.7. The number of aromatic nitrogens is 1. The van der Waals surface area contributed by atoms with Crippen molar-refractivity contribution in [2.24, 2.45) is 0 Å². The van der Waals surface area contributed by atoms with Gasteiger partial charge in [-0.15, -0.1) is 11.3 Å². The Morgan fingerprint density at radius 1 is 1.55 bits per heavy atom. The molecule has 0 bridgehead atoms. The fourth-order valence-corrected chi connectivity index (χ4v) is 2.75. The van der Waals surface area contributed by atoms with Crippen molar-refractivity contribution in [3.05, 3.63) is 50.4 Å². The Hall–Kier alpha value is -1.66. The predicted octanol–water partition coefficient (Wildman–Crippen LogP) is 3.89. The SMILES string of the molecule is Cc1ncc(COc2ccc(C=CC(=O)O)cc2Br)s1. The highest BCUT2D eigenvalue weighted by Crippen LogP contribution is 2.27. The summed E-state index contributed by atoms with van der Waals surface area (Å²) in [6, 6.07) is 5.42. The van der Waals surface area contributed by atoms with E-state index >= 15 is 0 Å². The third-order valence-electron chi connectivity index (χ3n) is 2.41. The van der Waals surface area contributed by atoms with Crippen LogP contribution in [0.25, 0.3) is 6.08 Å². The summed E-state index contributed by atoms with van der Waals surface area (Å²) in [4.78, 5) is 15.7. The lowest BCUT2D eigenvalue weighted by molar-refractivity contribution is -0.131. The number of aryl methyl sites for hydroxylation is 1. The third kappa shape index (κ3) is 4.18. The molecule has 0 saturated carbocycles. The first-order chi connectivity index (χ1) is 9.54. The maximum absolute atomic E-state index is 10.5. The lowest BCUT2D eigenvalue weighted by Gasteiger charge is -2.07. The molecule has 2 rings (SSSR count). The molecular weight excluding hydrogens is 342 g/mol. The van der Waals surface area contributed by atoms with Gasteiger partial charge in [-0.25, -0.2) is 9.78 Å². The number of rotatable bonds is 5. The van der Waals surface area contributed by atoms with E-state index < -0.39 is 5.97 Å². The Labute approximate surface area is 128 Å². The molecule has 0 amide bonds. The van der Waals surface area contributed by atoms with Crippen molar-refractivity contribution < 1.29 is 14.6 Å². The maximum Gasteiger partial charge on any atom is 0.328 e. The molecule has 0 aliphatic heterocycles. The van der Waals surface area contributed by atoms with Gasteiger partial charge in [0.05, 0.1) is 14.4 Å². The van der Waals surface area contributed by atoms with Crippen molar-refractivity contribution in [2.45, 2.75) is 13.5 Å². The van der Waals surface area contributed by atoms with E-state index in [-0.39, 0.29) is 0 Å². The first-order valence-corrected chi connectivity index (χ1v) is 7.40. The normalized spacial score (nSPS) is 10.9. The summed E-state index contributed by atoms with van der Waals surface area (Å²) in [7, 11) is 0. The number of hydrogen-bond donors (Lipinski definition) is 1. The maximum atomic E-state index is 10.5. The molecule has 1 N–H and O–H groups in total. The lowest BCUT2D eigenvalue weighted by Crippen LogP contribution is -1.94. The average Bonchev–Trinajstić information content (AvgIpc) is 2.81. The van der Waals surface area contributed by atoms with E-state index in [1.807, 2.05) is 13.0 Å². The largest absolute Gasteiger partial charge is 0.487 e. The Morgan fingerprint density at radius 3 is 2.95 bits per heavy atom. The minimum absolute atomic E-state index is 0.467. The minimum atomic E-state index is -0.970. The molecule has 1 aromatic heterocycles. The van der Waals surface area contributed by atoms with Crippen LogP contribution in [0.2, 0.25) is 0 Å². The number of aliphatic carboxylic acids is 1. The number of carboxylic acid groups (broad SMARTS) is 1. The number of hydrogen-bond acceptors (Lipinski definition) is 4. The van der Waals surface area contributed by atoms with Crippen LogP contribution in [0.15, 0.2) is 34.9 Å². The second-order valence-corrected chi connectivity index (χ2v) is 6.17. The van der Waals surface area contributed by atoms with Crippen molar-refractivity contribution in [3.8, 4) is 5.75 Å². The highest BCUT2D eigenvalue weighted by atomic mass is 79.9. The Bertz CT molecular complexity index is 652. The van der Waals surface area contributed by atoms with Gasteiger partial charge in [-0.05, 0) is 46.6 Å². The smallest absolute Gasteiger partial charge is 0.328 e. The van der Waals surface area contributed by atoms with Crippen LogP contribution >= 0.6 is 27.3 Å². The molecular formula is C14H12BrNO3S. The van der Waals surface area contributed by atoms with Gasteiger partial charge in [0.25, 0.3) is 0 Å². The molecule has 1 heterocycles. The molecule has 104 valence electrons. The lowest BCUT2D eigenvalue weighted by atomic mass is 10.2. The number of carboxylic acids is 1. The molecule has 0 saturated heterocycles. The van der Waals surface area contributed by atoms with Crippen molar-refractivity contribution in [1.82, 2.24) is 4.98 Å². The van der Waals surface area contributed by atoms with Crippen LogP contribution in [0.1, 0.15) is 15.4 Å². The van der Waals surface area contributed by atoms with Gasteiger partial charge in [-0.3, -0.25) is 0 Å². The van der Waals surface area contributed by atoms with Crippen LogP contribution in [0, 0.1) is 6.92 Å². The summed E-state index contributed by atoms with van der Waals surface area (Å²) >= 11 is 5.01. The average molecular weight is 354 g/mol. The molecule has 4 nitrogen and oxygen atoms in total. The second-order valence-electron chi connectivity index (χ2n) is 4.00. The Morgan fingerprint density at radius 2 is 2.35 bits per heavy atom. The first kappa shape index (κ1) is 14.7. The summed E-state index contributed by atoms with van der Waals surface area (Å²) in [6.07, 6.45) is 4.43. The fourth-order valence-electron chi connectivity index (χ4n) is 1.53. The molecule has 0 spiro atoms.